The molecule has 6 heteroatoms. The van der Waals surface area contributed by atoms with Gasteiger partial charge < -0.3 is 9.88 Å². The number of piperidine rings is 1. The molecule has 2 bridgehead atoms. The van der Waals surface area contributed by atoms with Crippen molar-refractivity contribution in [2.24, 2.45) is 5.92 Å². The highest BCUT2D eigenvalue weighted by Gasteiger charge is 2.43. The first-order valence-electron chi connectivity index (χ1n) is 10.1. The Labute approximate surface area is 179 Å². The predicted molar refractivity (Wildman–Crippen MR) is 116 cm³/mol. The molecule has 1 amide bonds. The zero-order chi connectivity index (χ0) is 20.8. The van der Waals surface area contributed by atoms with Crippen molar-refractivity contribution in [3.63, 3.8) is 0 Å². The molecule has 0 spiro atoms. The van der Waals surface area contributed by atoms with Crippen LogP contribution in [0.25, 0.3) is 17.0 Å². The van der Waals surface area contributed by atoms with Crippen molar-refractivity contribution < 1.29 is 18.4 Å². The number of hydrogen-bond donors (Lipinski definition) is 1. The smallest absolute Gasteiger partial charge is 0.229 e. The lowest BCUT2D eigenvalue weighted by Gasteiger charge is -2.23. The first kappa shape index (κ1) is 21.0. The van der Waals surface area contributed by atoms with E-state index in [0.717, 1.165) is 41.8 Å². The number of Topliss-reactive ketones (excluding diaryl/α,β-unsaturated/α-hetero) is 1. The molecular weight excluding hydrogens is 398 g/mol. The Hall–Kier alpha value is -3.28. The molecule has 2 heterocycles. The first-order chi connectivity index (χ1) is 14.5. The van der Waals surface area contributed by atoms with Gasteiger partial charge in [-0.2, -0.15) is 0 Å². The fourth-order valence-electron chi connectivity index (χ4n) is 4.59. The molecule has 31 heavy (non-hydrogen) atoms. The molecule has 2 atom stereocenters. The molecule has 4 nitrogen and oxygen atoms in total. The normalized spacial score (nSPS) is 20.1. The second-order valence-corrected chi connectivity index (χ2v) is 8.13. The van der Waals surface area contributed by atoms with Crippen LogP contribution in [0.1, 0.15) is 48.3 Å². The van der Waals surface area contributed by atoms with Crippen LogP contribution in [0, 0.1) is 17.6 Å². The average Bonchev–Trinajstić information content (AvgIpc) is 3.40. The second kappa shape index (κ2) is 8.10. The minimum Gasteiger partial charge on any atom is -0.352 e. The number of fused-ring (bicyclic) bond motifs is 3. The maximum atomic E-state index is 13.4. The molecule has 1 aliphatic carbocycles. The summed E-state index contributed by atoms with van der Waals surface area (Å²) < 4.78 is 26.7. The SMILES string of the molecule is C.O=C(Cc1cc(F)cc(F)c1)c1cc2cc(/C=C/N3C(=O)[C@@H]4CC[C@H]3C4)ccc2[nH]1. The number of amides is 1. The highest BCUT2D eigenvalue weighted by molar-refractivity contribution is 6.00. The van der Waals surface area contributed by atoms with Gasteiger partial charge in [-0.1, -0.05) is 13.5 Å². The van der Waals surface area contributed by atoms with Gasteiger partial charge in [-0.05, 0) is 66.8 Å². The van der Waals surface area contributed by atoms with E-state index in [4.69, 9.17) is 0 Å². The van der Waals surface area contributed by atoms with Gasteiger partial charge in [0.05, 0.1) is 5.69 Å². The summed E-state index contributed by atoms with van der Waals surface area (Å²) in [5, 5.41) is 0.861. The minimum absolute atomic E-state index is 0. The number of carbonyl (C=O) groups is 2. The molecule has 5 rings (SSSR count). The summed E-state index contributed by atoms with van der Waals surface area (Å²) in [6.07, 6.45) is 6.72. The molecule has 3 aromatic rings. The van der Waals surface area contributed by atoms with Crippen molar-refractivity contribution in [1.29, 1.82) is 0 Å². The molecule has 0 radical (unpaired) electrons. The van der Waals surface area contributed by atoms with E-state index in [1.54, 1.807) is 6.07 Å². The van der Waals surface area contributed by atoms with Gasteiger partial charge in [0.15, 0.2) is 5.78 Å². The number of rotatable bonds is 5. The van der Waals surface area contributed by atoms with Gasteiger partial charge in [-0.3, -0.25) is 9.59 Å². The number of aromatic amines is 1. The van der Waals surface area contributed by atoms with E-state index in [1.165, 1.54) is 12.1 Å². The lowest BCUT2D eigenvalue weighted by Crippen LogP contribution is -2.32. The molecule has 0 unspecified atom stereocenters. The van der Waals surface area contributed by atoms with Crippen molar-refractivity contribution in [2.75, 3.05) is 0 Å². The molecule has 1 N–H and O–H groups in total. The molecule has 1 saturated heterocycles. The molecular formula is C25H24F2N2O2. The number of halogens is 2. The fourth-order valence-corrected chi connectivity index (χ4v) is 4.59. The van der Waals surface area contributed by atoms with E-state index in [2.05, 4.69) is 4.98 Å². The first-order valence-corrected chi connectivity index (χ1v) is 10.1. The van der Waals surface area contributed by atoms with E-state index in [9.17, 15) is 18.4 Å². The lowest BCUT2D eigenvalue weighted by molar-refractivity contribution is -0.131. The van der Waals surface area contributed by atoms with Crippen LogP contribution in [0.3, 0.4) is 0 Å². The largest absolute Gasteiger partial charge is 0.352 e. The number of nitrogens with zero attached hydrogens (tertiary/aromatic N) is 1. The second-order valence-electron chi connectivity index (χ2n) is 8.13. The quantitative estimate of drug-likeness (QED) is 0.553. The summed E-state index contributed by atoms with van der Waals surface area (Å²) in [5.74, 6) is -1.24. The van der Waals surface area contributed by atoms with Crippen LogP contribution in [-0.4, -0.2) is 27.6 Å². The number of benzene rings is 2. The van der Waals surface area contributed by atoms with E-state index >= 15 is 0 Å². The van der Waals surface area contributed by atoms with Gasteiger partial charge >= 0.3 is 0 Å². The maximum absolute atomic E-state index is 13.4. The number of carbonyl (C=O) groups excluding carboxylic acids is 2. The Bertz CT molecular complexity index is 1180. The lowest BCUT2D eigenvalue weighted by atomic mass is 10.1. The van der Waals surface area contributed by atoms with Crippen molar-refractivity contribution >= 4 is 28.7 Å². The van der Waals surface area contributed by atoms with Gasteiger partial charge in [0, 0.05) is 41.5 Å². The summed E-state index contributed by atoms with van der Waals surface area (Å²) in [5.41, 5.74) is 2.42. The number of hydrogen-bond acceptors (Lipinski definition) is 2. The molecule has 2 fully saturated rings. The fraction of sp³-hybridized carbons (Fsp3) is 0.280. The molecule has 1 aliphatic heterocycles. The van der Waals surface area contributed by atoms with Crippen LogP contribution in [0.4, 0.5) is 8.78 Å². The van der Waals surface area contributed by atoms with Crippen molar-refractivity contribution in [3.8, 4) is 0 Å². The van der Waals surface area contributed by atoms with Crippen LogP contribution in [0.2, 0.25) is 0 Å². The zero-order valence-electron chi connectivity index (χ0n) is 16.2. The molecule has 1 saturated carbocycles. The number of likely N-dealkylation sites (tertiary alicyclic amines) is 1. The monoisotopic (exact) mass is 422 g/mol. The van der Waals surface area contributed by atoms with E-state index in [0.29, 0.717) is 17.3 Å². The predicted octanol–water partition coefficient (Wildman–Crippen LogP) is 5.49. The highest BCUT2D eigenvalue weighted by Crippen LogP contribution is 2.38. The van der Waals surface area contributed by atoms with Crippen molar-refractivity contribution in [1.82, 2.24) is 9.88 Å². The van der Waals surface area contributed by atoms with Crippen LogP contribution in [0.5, 0.6) is 0 Å². The number of ketones is 1. The Kier molecular flexibility index (Phi) is 5.48. The Morgan fingerprint density at radius 1 is 1.10 bits per heavy atom. The van der Waals surface area contributed by atoms with Crippen LogP contribution in [0.15, 0.2) is 48.7 Å². The maximum Gasteiger partial charge on any atom is 0.229 e. The summed E-state index contributed by atoms with van der Waals surface area (Å²) in [6, 6.07) is 10.9. The molecule has 160 valence electrons. The highest BCUT2D eigenvalue weighted by atomic mass is 19.1. The summed E-state index contributed by atoms with van der Waals surface area (Å²) in [6.45, 7) is 0. The Morgan fingerprint density at radius 3 is 2.58 bits per heavy atom. The van der Waals surface area contributed by atoms with Gasteiger partial charge in [0.25, 0.3) is 0 Å². The van der Waals surface area contributed by atoms with E-state index in [1.807, 2.05) is 35.4 Å². The molecule has 2 aliphatic rings. The Balaban J connectivity index is 0.00000231. The van der Waals surface area contributed by atoms with Crippen molar-refractivity contribution in [2.45, 2.75) is 39.2 Å². The average molecular weight is 422 g/mol. The number of nitrogens with one attached hydrogen (secondary N) is 1. The third-order valence-corrected chi connectivity index (χ3v) is 6.06. The van der Waals surface area contributed by atoms with Gasteiger partial charge in [-0.15, -0.1) is 0 Å². The van der Waals surface area contributed by atoms with Crippen LogP contribution >= 0.6 is 0 Å². The zero-order valence-corrected chi connectivity index (χ0v) is 16.2. The number of aromatic nitrogens is 1. The van der Waals surface area contributed by atoms with E-state index < -0.39 is 11.6 Å². The summed E-state index contributed by atoms with van der Waals surface area (Å²) >= 11 is 0. The minimum atomic E-state index is -0.699. The van der Waals surface area contributed by atoms with Gasteiger partial charge in [-0.25, -0.2) is 8.78 Å². The van der Waals surface area contributed by atoms with Crippen LogP contribution in [-0.2, 0) is 11.2 Å². The topological polar surface area (TPSA) is 53.2 Å². The summed E-state index contributed by atoms with van der Waals surface area (Å²) in [7, 11) is 0. The third-order valence-electron chi connectivity index (χ3n) is 6.06. The van der Waals surface area contributed by atoms with Crippen LogP contribution < -0.4 is 0 Å². The summed E-state index contributed by atoms with van der Waals surface area (Å²) in [4.78, 5) is 29.7. The van der Waals surface area contributed by atoms with E-state index in [-0.39, 0.29) is 31.5 Å². The standard InChI is InChI=1S/C24H20F2N2O2.CH4/c25-18-8-15(9-19(26)13-18)10-23(29)22-12-17-7-14(1-4-21(17)27-22)5-6-28-20-3-2-16(11-20)24(28)30;/h1,4-9,12-13,16,20,27H,2-3,10-11H2;1H4/b6-5+;/t16-,20+;/m1./s1. The Morgan fingerprint density at radius 2 is 1.87 bits per heavy atom. The van der Waals surface area contributed by atoms with Crippen molar-refractivity contribution in [3.05, 3.63) is 77.1 Å². The molecule has 1 aromatic heterocycles. The van der Waals surface area contributed by atoms with Gasteiger partial charge in [0.1, 0.15) is 11.6 Å². The third kappa shape index (κ3) is 4.02. The van der Waals surface area contributed by atoms with Gasteiger partial charge in [0.2, 0.25) is 5.91 Å². The molecule has 2 aromatic carbocycles. The number of H-pyrrole nitrogens is 1.